The number of hydrogen-bond donors (Lipinski definition) is 1. The molecule has 0 aliphatic carbocycles. The number of hydrazone groups is 1. The van der Waals surface area contributed by atoms with Gasteiger partial charge in [-0.2, -0.15) is 20.1 Å². The first kappa shape index (κ1) is 26.9. The molecule has 0 spiro atoms. The molecule has 2 fully saturated rings. The number of anilines is 3. The van der Waals surface area contributed by atoms with Gasteiger partial charge in [0.05, 0.1) is 43.1 Å². The molecule has 2 aliphatic heterocycles. The molecule has 0 radical (unpaired) electrons. The summed E-state index contributed by atoms with van der Waals surface area (Å²) in [6.07, 6.45) is 1.59. The second kappa shape index (κ2) is 12.4. The van der Waals surface area contributed by atoms with Gasteiger partial charge in [-0.15, -0.1) is 0 Å². The summed E-state index contributed by atoms with van der Waals surface area (Å²) in [4.78, 5) is 40.9. The number of hydrogen-bond acceptors (Lipinski definition) is 13. The fourth-order valence-corrected chi connectivity index (χ4v) is 4.15. The number of ether oxygens (including phenoxy) is 3. The molecule has 40 heavy (non-hydrogen) atoms. The number of nitro groups is 1. The molecule has 14 nitrogen and oxygen atoms in total. The van der Waals surface area contributed by atoms with Crippen LogP contribution in [0.1, 0.15) is 21.5 Å². The highest BCUT2D eigenvalue weighted by Crippen LogP contribution is 2.21. The second-order valence-corrected chi connectivity index (χ2v) is 9.10. The molecule has 2 aromatic carbocycles. The lowest BCUT2D eigenvalue weighted by Crippen LogP contribution is -2.40. The molecule has 5 rings (SSSR count). The van der Waals surface area contributed by atoms with Gasteiger partial charge in [-0.05, 0) is 48.4 Å². The SMILES string of the molecule is Cc1cc(C(=O)Oc2ccc(/C=N\Nc3nc(N4CCOCC4)nc(N4CCOCC4)n3)cc2)cc([N+](=O)[O-])c1. The fraction of sp³-hybridized carbons (Fsp3) is 0.346. The van der Waals surface area contributed by atoms with Gasteiger partial charge in [0.2, 0.25) is 17.8 Å². The molecule has 2 saturated heterocycles. The lowest BCUT2D eigenvalue weighted by molar-refractivity contribution is -0.384. The first-order valence-electron chi connectivity index (χ1n) is 12.7. The Labute approximate surface area is 229 Å². The molecule has 0 amide bonds. The van der Waals surface area contributed by atoms with E-state index in [0.717, 1.165) is 5.56 Å². The molecule has 0 unspecified atom stereocenters. The second-order valence-electron chi connectivity index (χ2n) is 9.10. The minimum Gasteiger partial charge on any atom is -0.423 e. The van der Waals surface area contributed by atoms with Gasteiger partial charge in [-0.3, -0.25) is 10.1 Å². The maximum absolute atomic E-state index is 12.5. The molecular formula is C26H28N8O6. The molecule has 2 aliphatic rings. The van der Waals surface area contributed by atoms with Gasteiger partial charge in [0.25, 0.3) is 5.69 Å². The zero-order valence-corrected chi connectivity index (χ0v) is 21.9. The Morgan fingerprint density at radius 1 is 0.975 bits per heavy atom. The van der Waals surface area contributed by atoms with E-state index in [4.69, 9.17) is 14.2 Å². The number of nitro benzene ring substituents is 1. The van der Waals surface area contributed by atoms with Gasteiger partial charge >= 0.3 is 5.97 Å². The van der Waals surface area contributed by atoms with E-state index in [9.17, 15) is 14.9 Å². The van der Waals surface area contributed by atoms with Crippen molar-refractivity contribution in [2.75, 3.05) is 67.8 Å². The van der Waals surface area contributed by atoms with Crippen molar-refractivity contribution in [1.29, 1.82) is 0 Å². The molecule has 208 valence electrons. The van der Waals surface area contributed by atoms with Gasteiger partial charge in [0.15, 0.2) is 0 Å². The van der Waals surface area contributed by atoms with E-state index >= 15 is 0 Å². The number of rotatable bonds is 8. The van der Waals surface area contributed by atoms with Crippen LogP contribution in [0.3, 0.4) is 0 Å². The topological polar surface area (TPSA) is 157 Å². The number of morpholine rings is 2. The number of esters is 1. The van der Waals surface area contributed by atoms with Crippen molar-refractivity contribution in [3.05, 3.63) is 69.3 Å². The normalized spacial score (nSPS) is 15.7. The quantitative estimate of drug-likeness (QED) is 0.144. The van der Waals surface area contributed by atoms with E-state index in [-0.39, 0.29) is 11.3 Å². The molecule has 1 N–H and O–H groups in total. The Kier molecular flexibility index (Phi) is 8.37. The third-order valence-corrected chi connectivity index (χ3v) is 6.18. The standard InChI is InChI=1S/C26H28N8O6/c1-18-14-20(16-21(15-18)34(36)37)23(35)40-22-4-2-19(3-5-22)17-27-31-24-28-25(32-6-10-38-11-7-32)30-26(29-24)33-8-12-39-13-9-33/h2-5,14-17H,6-13H2,1H3,(H,28,29,30,31)/b27-17-. The first-order valence-corrected chi connectivity index (χ1v) is 12.7. The van der Waals surface area contributed by atoms with Crippen molar-refractivity contribution in [3.63, 3.8) is 0 Å². The predicted molar refractivity (Wildman–Crippen MR) is 146 cm³/mol. The van der Waals surface area contributed by atoms with Crippen molar-refractivity contribution < 1.29 is 23.9 Å². The van der Waals surface area contributed by atoms with Crippen LogP contribution in [0.4, 0.5) is 23.5 Å². The number of aryl methyl sites for hydroxylation is 1. The number of aromatic nitrogens is 3. The minimum absolute atomic E-state index is 0.104. The first-order chi connectivity index (χ1) is 19.4. The average molecular weight is 549 g/mol. The molecule has 0 atom stereocenters. The van der Waals surface area contributed by atoms with Crippen LogP contribution in [0, 0.1) is 17.0 Å². The summed E-state index contributed by atoms with van der Waals surface area (Å²) in [5.74, 6) is 1.04. The molecule has 0 bridgehead atoms. The summed E-state index contributed by atoms with van der Waals surface area (Å²) in [5.41, 5.74) is 4.15. The van der Waals surface area contributed by atoms with Crippen LogP contribution in [0.2, 0.25) is 0 Å². The molecule has 3 heterocycles. The zero-order chi connectivity index (χ0) is 27.9. The van der Waals surface area contributed by atoms with E-state index < -0.39 is 10.9 Å². The summed E-state index contributed by atoms with van der Waals surface area (Å²) in [5, 5.41) is 15.4. The third kappa shape index (κ3) is 6.84. The number of nitrogens with one attached hydrogen (secondary N) is 1. The molecule has 14 heteroatoms. The Balaban J connectivity index is 1.25. The fourth-order valence-electron chi connectivity index (χ4n) is 4.15. The summed E-state index contributed by atoms with van der Waals surface area (Å²) in [6.45, 7) is 6.85. The molecular weight excluding hydrogens is 520 g/mol. The van der Waals surface area contributed by atoms with Crippen molar-refractivity contribution in [2.24, 2.45) is 5.10 Å². The monoisotopic (exact) mass is 548 g/mol. The summed E-state index contributed by atoms with van der Waals surface area (Å²) in [7, 11) is 0. The summed E-state index contributed by atoms with van der Waals surface area (Å²) in [6, 6.07) is 10.8. The largest absolute Gasteiger partial charge is 0.423 e. The number of non-ortho nitro benzene ring substituents is 1. The van der Waals surface area contributed by atoms with Crippen LogP contribution in [0.25, 0.3) is 0 Å². The van der Waals surface area contributed by atoms with Crippen LogP contribution >= 0.6 is 0 Å². The van der Waals surface area contributed by atoms with E-state index in [0.29, 0.717) is 81.8 Å². The van der Waals surface area contributed by atoms with Gasteiger partial charge in [-0.1, -0.05) is 0 Å². The van der Waals surface area contributed by atoms with Gasteiger partial charge < -0.3 is 24.0 Å². The van der Waals surface area contributed by atoms with Crippen molar-refractivity contribution in [3.8, 4) is 5.75 Å². The zero-order valence-electron chi connectivity index (χ0n) is 21.9. The number of nitrogens with zero attached hydrogens (tertiary/aromatic N) is 7. The Hall–Kier alpha value is -4.69. The van der Waals surface area contributed by atoms with Gasteiger partial charge in [-0.25, -0.2) is 10.2 Å². The Bertz CT molecular complexity index is 1350. The number of carbonyl (C=O) groups excluding carboxylic acids is 1. The highest BCUT2D eigenvalue weighted by atomic mass is 16.6. The smallest absolute Gasteiger partial charge is 0.343 e. The highest BCUT2D eigenvalue weighted by molar-refractivity contribution is 5.92. The van der Waals surface area contributed by atoms with E-state index in [1.807, 2.05) is 0 Å². The van der Waals surface area contributed by atoms with E-state index in [1.165, 1.54) is 18.2 Å². The lowest BCUT2D eigenvalue weighted by Gasteiger charge is -2.30. The average Bonchev–Trinajstić information content (AvgIpc) is 2.98. The van der Waals surface area contributed by atoms with Gasteiger partial charge in [0, 0.05) is 38.3 Å². The highest BCUT2D eigenvalue weighted by Gasteiger charge is 2.21. The van der Waals surface area contributed by atoms with Crippen molar-refractivity contribution in [2.45, 2.75) is 6.92 Å². The molecule has 0 saturated carbocycles. The summed E-state index contributed by atoms with van der Waals surface area (Å²) >= 11 is 0. The van der Waals surface area contributed by atoms with Crippen molar-refractivity contribution >= 4 is 35.7 Å². The van der Waals surface area contributed by atoms with Crippen LogP contribution in [-0.2, 0) is 9.47 Å². The van der Waals surface area contributed by atoms with Crippen LogP contribution < -0.4 is 20.0 Å². The number of carbonyl (C=O) groups is 1. The number of benzene rings is 2. The molecule has 1 aromatic heterocycles. The van der Waals surface area contributed by atoms with E-state index in [1.54, 1.807) is 37.4 Å². The van der Waals surface area contributed by atoms with E-state index in [2.05, 4.69) is 35.3 Å². The molecule has 3 aromatic rings. The minimum atomic E-state index is -0.683. The lowest BCUT2D eigenvalue weighted by atomic mass is 10.1. The predicted octanol–water partition coefficient (Wildman–Crippen LogP) is 2.43. The maximum Gasteiger partial charge on any atom is 0.343 e. The summed E-state index contributed by atoms with van der Waals surface area (Å²) < 4.78 is 16.3. The third-order valence-electron chi connectivity index (χ3n) is 6.18. The van der Waals surface area contributed by atoms with Crippen molar-refractivity contribution in [1.82, 2.24) is 15.0 Å². The maximum atomic E-state index is 12.5. The van der Waals surface area contributed by atoms with Crippen LogP contribution in [0.15, 0.2) is 47.6 Å². The Morgan fingerprint density at radius 3 is 2.15 bits per heavy atom. The van der Waals surface area contributed by atoms with Gasteiger partial charge in [0.1, 0.15) is 5.75 Å². The van der Waals surface area contributed by atoms with Crippen LogP contribution in [-0.4, -0.2) is 84.7 Å². The van der Waals surface area contributed by atoms with Crippen LogP contribution in [0.5, 0.6) is 5.75 Å². The Morgan fingerprint density at radius 2 is 1.57 bits per heavy atom.